The average molecular weight is 489 g/mol. The number of rotatable bonds is 8. The highest BCUT2D eigenvalue weighted by molar-refractivity contribution is 6.14. The molecule has 182 valence electrons. The molecule has 6 heteroatoms. The molecule has 0 saturated carbocycles. The molecule has 6 nitrogen and oxygen atoms in total. The molecule has 1 aliphatic rings. The van der Waals surface area contributed by atoms with Crippen LogP contribution in [0.1, 0.15) is 22.7 Å². The third-order valence-electron chi connectivity index (χ3n) is 6.02. The first-order valence-corrected chi connectivity index (χ1v) is 11.8. The summed E-state index contributed by atoms with van der Waals surface area (Å²) in [5, 5.41) is 10.9. The molecule has 1 atom stereocenters. The predicted molar refractivity (Wildman–Crippen MR) is 141 cm³/mol. The number of aliphatic hydroxyl groups excluding tert-OH is 1. The minimum absolute atomic E-state index is 0.0259. The number of hydrogen-bond acceptors (Lipinski definition) is 5. The van der Waals surface area contributed by atoms with Crippen LogP contribution in [0.25, 0.3) is 6.08 Å². The monoisotopic (exact) mass is 488 g/mol. The second-order valence-corrected chi connectivity index (χ2v) is 8.56. The summed E-state index contributed by atoms with van der Waals surface area (Å²) in [6, 6.07) is 28.7. The van der Waals surface area contributed by atoms with E-state index in [0.717, 1.165) is 11.1 Å². The lowest BCUT2D eigenvalue weighted by Gasteiger charge is -2.27. The van der Waals surface area contributed by atoms with Crippen LogP contribution in [0.15, 0.2) is 127 Å². The number of carbonyl (C=O) groups is 2. The van der Waals surface area contributed by atoms with E-state index in [1.165, 1.54) is 11.0 Å². The molecule has 1 aromatic heterocycles. The topological polar surface area (TPSA) is 79.7 Å². The van der Waals surface area contributed by atoms with E-state index >= 15 is 0 Å². The number of hydrogen-bond donors (Lipinski definition) is 1. The van der Waals surface area contributed by atoms with E-state index in [0.29, 0.717) is 17.1 Å². The van der Waals surface area contributed by atoms with Gasteiger partial charge in [-0.15, -0.1) is 0 Å². The van der Waals surface area contributed by atoms with Gasteiger partial charge in [0, 0.05) is 18.9 Å². The summed E-state index contributed by atoms with van der Waals surface area (Å²) >= 11 is 0. The van der Waals surface area contributed by atoms with Crippen molar-refractivity contribution in [3.8, 4) is 11.5 Å². The first-order chi connectivity index (χ1) is 18.1. The number of aliphatic hydroxyl groups is 1. The van der Waals surface area contributed by atoms with Gasteiger partial charge in [-0.25, -0.2) is 0 Å². The largest absolute Gasteiger partial charge is 0.503 e. The van der Waals surface area contributed by atoms with E-state index in [2.05, 4.69) is 4.98 Å². The number of para-hydroxylation sites is 1. The van der Waals surface area contributed by atoms with Gasteiger partial charge in [0.2, 0.25) is 0 Å². The Morgan fingerprint density at radius 2 is 1.65 bits per heavy atom. The Hall–Kier alpha value is -4.97. The van der Waals surface area contributed by atoms with Crippen molar-refractivity contribution in [3.63, 3.8) is 0 Å². The summed E-state index contributed by atoms with van der Waals surface area (Å²) in [7, 11) is 0. The zero-order valence-electron chi connectivity index (χ0n) is 19.9. The van der Waals surface area contributed by atoms with Gasteiger partial charge in [0.1, 0.15) is 11.5 Å². The summed E-state index contributed by atoms with van der Waals surface area (Å²) in [5.74, 6) is -0.390. The Kier molecular flexibility index (Phi) is 6.90. The van der Waals surface area contributed by atoms with Crippen LogP contribution in [0.4, 0.5) is 0 Å². The predicted octanol–water partition coefficient (Wildman–Crippen LogP) is 6.05. The van der Waals surface area contributed by atoms with Crippen molar-refractivity contribution in [2.75, 3.05) is 0 Å². The molecule has 3 aromatic carbocycles. The van der Waals surface area contributed by atoms with Gasteiger partial charge in [0.25, 0.3) is 5.91 Å². The molecule has 5 rings (SSSR count). The zero-order valence-corrected chi connectivity index (χ0v) is 19.9. The Balaban J connectivity index is 1.52. The smallest absolute Gasteiger partial charge is 0.290 e. The number of pyridine rings is 1. The number of ether oxygens (including phenoxy) is 1. The van der Waals surface area contributed by atoms with Crippen molar-refractivity contribution in [2.45, 2.75) is 12.6 Å². The second kappa shape index (κ2) is 10.7. The van der Waals surface area contributed by atoms with Crippen LogP contribution >= 0.6 is 0 Å². The molecule has 0 fully saturated rings. The standard InChI is InChI=1S/C31H24N2O4/c34-27(17-16-22-9-3-1-4-10-22)28-29(33(31(36)30(28)35)21-23-11-8-18-32-20-23)24-12-7-15-26(19-24)37-25-13-5-2-6-14-25/h1-20,29,35H,21H2. The van der Waals surface area contributed by atoms with Gasteiger partial charge in [-0.3, -0.25) is 14.6 Å². The number of aromatic nitrogens is 1. The average Bonchev–Trinajstić information content (AvgIpc) is 3.19. The number of nitrogens with zero attached hydrogens (tertiary/aromatic N) is 2. The van der Waals surface area contributed by atoms with E-state index in [9.17, 15) is 14.7 Å². The van der Waals surface area contributed by atoms with Crippen molar-refractivity contribution < 1.29 is 19.4 Å². The molecule has 0 aliphatic carbocycles. The molecule has 4 aromatic rings. The van der Waals surface area contributed by atoms with Gasteiger partial charge >= 0.3 is 0 Å². The molecule has 0 saturated heterocycles. The van der Waals surface area contributed by atoms with Crippen molar-refractivity contribution in [1.29, 1.82) is 0 Å². The summed E-state index contributed by atoms with van der Waals surface area (Å²) < 4.78 is 6.00. The van der Waals surface area contributed by atoms with Crippen LogP contribution in [0.3, 0.4) is 0 Å². The van der Waals surface area contributed by atoms with Crippen LogP contribution in [0.2, 0.25) is 0 Å². The van der Waals surface area contributed by atoms with Gasteiger partial charge in [-0.05, 0) is 53.1 Å². The number of amides is 1. The van der Waals surface area contributed by atoms with Crippen molar-refractivity contribution >= 4 is 17.8 Å². The molecule has 0 spiro atoms. The van der Waals surface area contributed by atoms with Crippen LogP contribution < -0.4 is 4.74 Å². The first kappa shape index (κ1) is 23.8. The molecule has 1 N–H and O–H groups in total. The Morgan fingerprint density at radius 3 is 2.38 bits per heavy atom. The number of carbonyl (C=O) groups excluding carboxylic acids is 2. The number of allylic oxidation sites excluding steroid dienone is 1. The second-order valence-electron chi connectivity index (χ2n) is 8.56. The molecule has 37 heavy (non-hydrogen) atoms. The summed E-state index contributed by atoms with van der Waals surface area (Å²) in [6.07, 6.45) is 6.36. The van der Waals surface area contributed by atoms with Crippen LogP contribution in [-0.2, 0) is 16.1 Å². The Labute approximate surface area is 214 Å². The van der Waals surface area contributed by atoms with Gasteiger partial charge < -0.3 is 14.7 Å². The van der Waals surface area contributed by atoms with E-state index in [-0.39, 0.29) is 12.1 Å². The first-order valence-electron chi connectivity index (χ1n) is 11.8. The molecule has 1 amide bonds. The maximum absolute atomic E-state index is 13.4. The molecule has 2 heterocycles. The van der Waals surface area contributed by atoms with Gasteiger partial charge in [0.05, 0.1) is 11.6 Å². The molecular formula is C31H24N2O4. The van der Waals surface area contributed by atoms with Crippen molar-refractivity contribution in [1.82, 2.24) is 9.88 Å². The third kappa shape index (κ3) is 5.33. The van der Waals surface area contributed by atoms with Crippen LogP contribution in [-0.4, -0.2) is 26.7 Å². The Morgan fingerprint density at radius 1 is 0.919 bits per heavy atom. The number of ketones is 1. The van der Waals surface area contributed by atoms with Crippen molar-refractivity contribution in [2.24, 2.45) is 0 Å². The lowest BCUT2D eigenvalue weighted by atomic mass is 9.95. The quantitative estimate of drug-likeness (QED) is 0.305. The van der Waals surface area contributed by atoms with Crippen molar-refractivity contribution in [3.05, 3.63) is 144 Å². The fraction of sp³-hybridized carbons (Fsp3) is 0.0645. The number of benzene rings is 3. The Bertz CT molecular complexity index is 1470. The highest BCUT2D eigenvalue weighted by atomic mass is 16.5. The highest BCUT2D eigenvalue weighted by Gasteiger charge is 2.43. The molecule has 1 unspecified atom stereocenters. The van der Waals surface area contributed by atoms with Gasteiger partial charge in [-0.1, -0.05) is 72.8 Å². The minimum Gasteiger partial charge on any atom is -0.503 e. The molecule has 0 bridgehead atoms. The van der Waals surface area contributed by atoms with Gasteiger partial charge in [0.15, 0.2) is 11.5 Å². The van der Waals surface area contributed by atoms with E-state index in [1.54, 1.807) is 42.7 Å². The summed E-state index contributed by atoms with van der Waals surface area (Å²) in [6.45, 7) is 0.171. The fourth-order valence-corrected chi connectivity index (χ4v) is 4.30. The minimum atomic E-state index is -0.806. The normalized spacial score (nSPS) is 15.4. The van der Waals surface area contributed by atoms with E-state index in [4.69, 9.17) is 4.74 Å². The maximum atomic E-state index is 13.4. The zero-order chi connectivity index (χ0) is 25.6. The summed E-state index contributed by atoms with van der Waals surface area (Å²) in [4.78, 5) is 32.3. The maximum Gasteiger partial charge on any atom is 0.290 e. The highest BCUT2D eigenvalue weighted by Crippen LogP contribution is 2.40. The lowest BCUT2D eigenvalue weighted by molar-refractivity contribution is -0.130. The molecule has 1 aliphatic heterocycles. The fourth-order valence-electron chi connectivity index (χ4n) is 4.30. The SMILES string of the molecule is O=C(C=Cc1ccccc1)C1=C(O)C(=O)N(Cc2cccnc2)C1c1cccc(Oc2ccccc2)c1. The van der Waals surface area contributed by atoms with Crippen LogP contribution in [0, 0.1) is 0 Å². The lowest BCUT2D eigenvalue weighted by Crippen LogP contribution is -2.30. The van der Waals surface area contributed by atoms with E-state index in [1.807, 2.05) is 72.8 Å². The summed E-state index contributed by atoms with van der Waals surface area (Å²) in [5.41, 5.74) is 2.28. The van der Waals surface area contributed by atoms with E-state index < -0.39 is 23.5 Å². The third-order valence-corrected chi connectivity index (χ3v) is 6.02. The molecular weight excluding hydrogens is 464 g/mol. The van der Waals surface area contributed by atoms with Crippen LogP contribution in [0.5, 0.6) is 11.5 Å². The molecule has 0 radical (unpaired) electrons. The van der Waals surface area contributed by atoms with Gasteiger partial charge in [-0.2, -0.15) is 0 Å².